The molecule has 1 aromatic carbocycles. The molecule has 1 heterocycles. The molecule has 0 bridgehead atoms. The zero-order valence-electron chi connectivity index (χ0n) is 12.5. The van der Waals surface area contributed by atoms with Gasteiger partial charge >= 0.3 is 0 Å². The number of hydrogen-bond acceptors (Lipinski definition) is 3. The van der Waals surface area contributed by atoms with E-state index >= 15 is 0 Å². The molecule has 0 aliphatic rings. The van der Waals surface area contributed by atoms with Gasteiger partial charge in [-0.3, -0.25) is 0 Å². The zero-order valence-corrected chi connectivity index (χ0v) is 12.5. The number of ether oxygens (including phenoxy) is 1. The quantitative estimate of drug-likeness (QED) is 0.788. The van der Waals surface area contributed by atoms with E-state index in [1.54, 1.807) is 6.33 Å². The maximum Gasteiger partial charge on any atom is 0.130 e. The molecule has 0 spiro atoms. The first kappa shape index (κ1) is 14.6. The number of hydrogen-bond donors (Lipinski definition) is 1. The highest BCUT2D eigenvalue weighted by molar-refractivity contribution is 5.40. The van der Waals surface area contributed by atoms with Crippen LogP contribution in [-0.4, -0.2) is 16.1 Å². The molecule has 0 radical (unpaired) electrons. The summed E-state index contributed by atoms with van der Waals surface area (Å²) >= 11 is 0. The summed E-state index contributed by atoms with van der Waals surface area (Å²) in [5.74, 6) is 0.984. The van der Waals surface area contributed by atoms with Crippen molar-refractivity contribution in [3.05, 3.63) is 47.5 Å². The van der Waals surface area contributed by atoms with Gasteiger partial charge in [0.1, 0.15) is 12.4 Å². The minimum absolute atomic E-state index is 0.544. The topological polar surface area (TPSA) is 39.1 Å². The first-order valence-electron chi connectivity index (χ1n) is 7.09. The number of benzene rings is 1. The van der Waals surface area contributed by atoms with Gasteiger partial charge in [-0.1, -0.05) is 25.1 Å². The molecule has 20 heavy (non-hydrogen) atoms. The van der Waals surface area contributed by atoms with Gasteiger partial charge in [-0.25, -0.2) is 4.98 Å². The Bertz CT molecular complexity index is 548. The van der Waals surface area contributed by atoms with Crippen LogP contribution in [0.4, 0.5) is 0 Å². The van der Waals surface area contributed by atoms with Crippen LogP contribution in [0.1, 0.15) is 30.2 Å². The summed E-state index contributed by atoms with van der Waals surface area (Å²) < 4.78 is 8.00. The third kappa shape index (κ3) is 3.61. The highest BCUT2D eigenvalue weighted by Gasteiger charge is 2.08. The van der Waals surface area contributed by atoms with E-state index in [-0.39, 0.29) is 0 Å². The van der Waals surface area contributed by atoms with Crippen LogP contribution in [0.5, 0.6) is 5.75 Å². The van der Waals surface area contributed by atoms with E-state index < -0.39 is 0 Å². The average molecular weight is 273 g/mol. The van der Waals surface area contributed by atoms with Gasteiger partial charge in [0, 0.05) is 19.2 Å². The summed E-state index contributed by atoms with van der Waals surface area (Å²) in [4.78, 5) is 4.11. The Morgan fingerprint density at radius 2 is 2.20 bits per heavy atom. The highest BCUT2D eigenvalue weighted by Crippen LogP contribution is 2.24. The van der Waals surface area contributed by atoms with Gasteiger partial charge < -0.3 is 14.6 Å². The Hall–Kier alpha value is -1.81. The second kappa shape index (κ2) is 7.10. The molecule has 2 rings (SSSR count). The molecule has 4 nitrogen and oxygen atoms in total. The normalized spacial score (nSPS) is 10.8. The third-order valence-corrected chi connectivity index (χ3v) is 3.32. The first-order valence-corrected chi connectivity index (χ1v) is 7.09. The van der Waals surface area contributed by atoms with E-state index in [0.29, 0.717) is 6.61 Å². The van der Waals surface area contributed by atoms with Crippen molar-refractivity contribution >= 4 is 0 Å². The van der Waals surface area contributed by atoms with E-state index in [4.69, 9.17) is 4.74 Å². The number of aromatic nitrogens is 2. The van der Waals surface area contributed by atoms with Gasteiger partial charge in [0.2, 0.25) is 0 Å². The molecule has 0 saturated heterocycles. The first-order chi connectivity index (χ1) is 9.72. The molecule has 108 valence electrons. The van der Waals surface area contributed by atoms with Gasteiger partial charge in [-0.2, -0.15) is 0 Å². The Morgan fingerprint density at radius 3 is 2.90 bits per heavy atom. The van der Waals surface area contributed by atoms with Crippen molar-refractivity contribution in [2.24, 2.45) is 7.05 Å². The van der Waals surface area contributed by atoms with E-state index in [9.17, 15) is 0 Å². The molecule has 2 aromatic rings. The molecule has 0 atom stereocenters. The average Bonchev–Trinajstić information content (AvgIpc) is 2.84. The summed E-state index contributed by atoms with van der Waals surface area (Å²) in [6.45, 7) is 6.67. The lowest BCUT2D eigenvalue weighted by Gasteiger charge is -2.14. The number of aryl methyl sites for hydroxylation is 2. The molecule has 0 aliphatic carbocycles. The van der Waals surface area contributed by atoms with Crippen LogP contribution in [-0.2, 0) is 20.2 Å². The Balaban J connectivity index is 2.07. The fourth-order valence-electron chi connectivity index (χ4n) is 2.13. The van der Waals surface area contributed by atoms with E-state index in [0.717, 1.165) is 31.0 Å². The number of para-hydroxylation sites is 1. The van der Waals surface area contributed by atoms with Crippen molar-refractivity contribution in [1.29, 1.82) is 0 Å². The maximum atomic E-state index is 6.02. The van der Waals surface area contributed by atoms with Crippen molar-refractivity contribution in [2.45, 2.75) is 33.4 Å². The summed E-state index contributed by atoms with van der Waals surface area (Å²) in [6.07, 6.45) is 4.77. The second-order valence-electron chi connectivity index (χ2n) is 5.02. The summed E-state index contributed by atoms with van der Waals surface area (Å²) in [6, 6.07) is 6.28. The van der Waals surface area contributed by atoms with E-state index in [2.05, 4.69) is 42.3 Å². The monoisotopic (exact) mass is 273 g/mol. The third-order valence-electron chi connectivity index (χ3n) is 3.32. The molecule has 0 amide bonds. The highest BCUT2D eigenvalue weighted by atomic mass is 16.5. The van der Waals surface area contributed by atoms with Crippen LogP contribution in [0.25, 0.3) is 0 Å². The standard InChI is InChI=1S/C16H23N3O/c1-4-8-17-9-14-7-5-6-13(2)16(14)20-11-15-10-18-12-19(15)3/h5-7,10,12,17H,4,8-9,11H2,1-3H3. The smallest absolute Gasteiger partial charge is 0.130 e. The maximum absolute atomic E-state index is 6.02. The van der Waals surface area contributed by atoms with Crippen molar-refractivity contribution in [1.82, 2.24) is 14.9 Å². The van der Waals surface area contributed by atoms with Crippen LogP contribution in [0.3, 0.4) is 0 Å². The van der Waals surface area contributed by atoms with Gasteiger partial charge in [-0.15, -0.1) is 0 Å². The van der Waals surface area contributed by atoms with Crippen LogP contribution in [0, 0.1) is 6.92 Å². The lowest BCUT2D eigenvalue weighted by Crippen LogP contribution is -2.15. The SMILES string of the molecule is CCCNCc1cccc(C)c1OCc1cncn1C. The fraction of sp³-hybridized carbons (Fsp3) is 0.438. The largest absolute Gasteiger partial charge is 0.487 e. The number of nitrogens with one attached hydrogen (secondary N) is 1. The van der Waals surface area contributed by atoms with E-state index in [1.807, 2.05) is 17.8 Å². The molecule has 0 aliphatic heterocycles. The van der Waals surface area contributed by atoms with Crippen molar-refractivity contribution in [2.75, 3.05) is 6.54 Å². The summed E-state index contributed by atoms with van der Waals surface area (Å²) in [5.41, 5.74) is 3.45. The zero-order chi connectivity index (χ0) is 14.4. The summed E-state index contributed by atoms with van der Waals surface area (Å²) in [5, 5.41) is 3.43. The summed E-state index contributed by atoms with van der Waals surface area (Å²) in [7, 11) is 1.98. The molecular formula is C16H23N3O. The van der Waals surface area contributed by atoms with E-state index in [1.165, 1.54) is 11.1 Å². The van der Waals surface area contributed by atoms with Crippen molar-refractivity contribution < 1.29 is 4.74 Å². The molecule has 4 heteroatoms. The van der Waals surface area contributed by atoms with Gasteiger partial charge in [0.15, 0.2) is 0 Å². The second-order valence-corrected chi connectivity index (χ2v) is 5.02. The van der Waals surface area contributed by atoms with Crippen LogP contribution < -0.4 is 10.1 Å². The van der Waals surface area contributed by atoms with Crippen molar-refractivity contribution in [3.63, 3.8) is 0 Å². The Morgan fingerprint density at radius 1 is 1.35 bits per heavy atom. The molecule has 1 N–H and O–H groups in total. The van der Waals surface area contributed by atoms with Gasteiger partial charge in [0.25, 0.3) is 0 Å². The van der Waals surface area contributed by atoms with Crippen LogP contribution >= 0.6 is 0 Å². The predicted molar refractivity (Wildman–Crippen MR) is 80.7 cm³/mol. The molecular weight excluding hydrogens is 250 g/mol. The van der Waals surface area contributed by atoms with Crippen LogP contribution in [0.15, 0.2) is 30.7 Å². The minimum Gasteiger partial charge on any atom is -0.487 e. The lowest BCUT2D eigenvalue weighted by atomic mass is 10.1. The molecule has 0 unspecified atom stereocenters. The number of imidazole rings is 1. The fourth-order valence-corrected chi connectivity index (χ4v) is 2.13. The van der Waals surface area contributed by atoms with Gasteiger partial charge in [-0.05, 0) is 25.5 Å². The predicted octanol–water partition coefficient (Wildman–Crippen LogP) is 2.81. The number of nitrogens with zero attached hydrogens (tertiary/aromatic N) is 2. The molecule has 1 aromatic heterocycles. The van der Waals surface area contributed by atoms with Gasteiger partial charge in [0.05, 0.1) is 18.2 Å². The Labute approximate surface area is 120 Å². The molecule has 0 fully saturated rings. The van der Waals surface area contributed by atoms with Crippen molar-refractivity contribution in [3.8, 4) is 5.75 Å². The Kier molecular flexibility index (Phi) is 5.18. The lowest BCUT2D eigenvalue weighted by molar-refractivity contribution is 0.291. The molecule has 0 saturated carbocycles. The minimum atomic E-state index is 0.544. The van der Waals surface area contributed by atoms with Crippen LogP contribution in [0.2, 0.25) is 0 Å². The number of rotatable bonds is 7.